The van der Waals surface area contributed by atoms with Crippen LogP contribution in [0.25, 0.3) is 0 Å². The standard InChI is InChI=1S/C23H24N2O2/c1-22(2)20-13-17-18(5-4-6-19(17)26)23(22,3)11-12-25(20)21(27)16-9-7-15(14-24)8-10-16/h4-10,20,26H,11-13H2,1-3H3/t20?,23-/m0/s1. The molecule has 0 aromatic heterocycles. The second-order valence-electron chi connectivity index (χ2n) is 8.51. The Kier molecular flexibility index (Phi) is 3.82. The van der Waals surface area contributed by atoms with E-state index < -0.39 is 0 Å². The van der Waals surface area contributed by atoms with Gasteiger partial charge in [-0.05, 0) is 59.7 Å². The molecule has 27 heavy (non-hydrogen) atoms. The second kappa shape index (κ2) is 5.85. The third-order valence-corrected chi connectivity index (χ3v) is 7.15. The van der Waals surface area contributed by atoms with Crippen LogP contribution in [0.4, 0.5) is 0 Å². The van der Waals surface area contributed by atoms with Gasteiger partial charge in [-0.1, -0.05) is 32.9 Å². The van der Waals surface area contributed by atoms with Gasteiger partial charge in [-0.3, -0.25) is 4.79 Å². The summed E-state index contributed by atoms with van der Waals surface area (Å²) in [4.78, 5) is 15.2. The number of amides is 1. The molecule has 0 spiro atoms. The fraction of sp³-hybridized carbons (Fsp3) is 0.391. The van der Waals surface area contributed by atoms with Crippen LogP contribution in [0.3, 0.4) is 0 Å². The summed E-state index contributed by atoms with van der Waals surface area (Å²) in [5.41, 5.74) is 3.14. The lowest BCUT2D eigenvalue weighted by atomic mass is 9.51. The zero-order valence-corrected chi connectivity index (χ0v) is 16.0. The lowest BCUT2D eigenvalue weighted by molar-refractivity contribution is -0.0266. The molecule has 4 rings (SSSR count). The summed E-state index contributed by atoms with van der Waals surface area (Å²) in [6, 6.07) is 14.7. The molecule has 1 aliphatic carbocycles. The Bertz CT molecular complexity index is 955. The highest BCUT2D eigenvalue weighted by Crippen LogP contribution is 2.57. The van der Waals surface area contributed by atoms with Crippen molar-refractivity contribution in [3.8, 4) is 11.8 Å². The summed E-state index contributed by atoms with van der Waals surface area (Å²) in [5.74, 6) is 0.324. The van der Waals surface area contributed by atoms with E-state index in [0.717, 1.165) is 12.0 Å². The summed E-state index contributed by atoms with van der Waals surface area (Å²) in [6.45, 7) is 7.44. The predicted molar refractivity (Wildman–Crippen MR) is 104 cm³/mol. The minimum absolute atomic E-state index is 0.00140. The van der Waals surface area contributed by atoms with Crippen LogP contribution in [0.5, 0.6) is 5.75 Å². The molecule has 138 valence electrons. The SMILES string of the molecule is CC1(C)C2Cc3c(O)cccc3[C@]1(C)CCN2C(=O)c1ccc(C#N)cc1. The minimum atomic E-state index is -0.117. The van der Waals surface area contributed by atoms with E-state index in [9.17, 15) is 9.90 Å². The maximum absolute atomic E-state index is 13.3. The van der Waals surface area contributed by atoms with E-state index in [1.54, 1.807) is 30.3 Å². The Balaban J connectivity index is 1.76. The van der Waals surface area contributed by atoms with Gasteiger partial charge in [0.15, 0.2) is 0 Å². The largest absolute Gasteiger partial charge is 0.508 e. The molecule has 1 unspecified atom stereocenters. The van der Waals surface area contributed by atoms with Crippen LogP contribution < -0.4 is 0 Å². The highest BCUT2D eigenvalue weighted by Gasteiger charge is 2.57. The van der Waals surface area contributed by atoms with Gasteiger partial charge in [-0.2, -0.15) is 5.26 Å². The van der Waals surface area contributed by atoms with Crippen molar-refractivity contribution in [3.05, 3.63) is 64.7 Å². The van der Waals surface area contributed by atoms with Crippen molar-refractivity contribution in [1.82, 2.24) is 4.90 Å². The summed E-state index contributed by atoms with van der Waals surface area (Å²) < 4.78 is 0. The van der Waals surface area contributed by atoms with Crippen LogP contribution in [0, 0.1) is 16.7 Å². The number of hydrogen-bond acceptors (Lipinski definition) is 3. The highest BCUT2D eigenvalue weighted by atomic mass is 16.3. The number of carbonyl (C=O) groups excluding carboxylic acids is 1. The molecule has 1 N–H and O–H groups in total. The average Bonchev–Trinajstić information content (AvgIpc) is 2.65. The van der Waals surface area contributed by atoms with E-state index >= 15 is 0 Å². The van der Waals surface area contributed by atoms with Crippen LogP contribution in [0.2, 0.25) is 0 Å². The number of piperidine rings is 1. The van der Waals surface area contributed by atoms with Gasteiger partial charge in [-0.25, -0.2) is 0 Å². The second-order valence-corrected chi connectivity index (χ2v) is 8.51. The Hall–Kier alpha value is -2.80. The molecule has 2 aromatic carbocycles. The van der Waals surface area contributed by atoms with E-state index in [1.165, 1.54) is 5.56 Å². The number of hydrogen-bond donors (Lipinski definition) is 1. The third kappa shape index (κ3) is 2.38. The van der Waals surface area contributed by atoms with Gasteiger partial charge >= 0.3 is 0 Å². The maximum Gasteiger partial charge on any atom is 0.254 e. The quantitative estimate of drug-likeness (QED) is 0.835. The zero-order chi connectivity index (χ0) is 19.4. The van der Waals surface area contributed by atoms with E-state index in [1.807, 2.05) is 11.0 Å². The first kappa shape index (κ1) is 17.6. The van der Waals surface area contributed by atoms with Crippen molar-refractivity contribution in [2.24, 2.45) is 5.41 Å². The zero-order valence-electron chi connectivity index (χ0n) is 16.0. The lowest BCUT2D eigenvalue weighted by Crippen LogP contribution is -2.64. The first-order valence-corrected chi connectivity index (χ1v) is 9.42. The van der Waals surface area contributed by atoms with Crippen molar-refractivity contribution >= 4 is 5.91 Å². The molecule has 2 aromatic rings. The van der Waals surface area contributed by atoms with Crippen LogP contribution in [0.1, 0.15) is 54.2 Å². The molecule has 2 bridgehead atoms. The Morgan fingerprint density at radius 2 is 1.89 bits per heavy atom. The van der Waals surface area contributed by atoms with Gasteiger partial charge in [0.1, 0.15) is 5.75 Å². The molecule has 1 saturated heterocycles. The van der Waals surface area contributed by atoms with Crippen LogP contribution in [0.15, 0.2) is 42.5 Å². The predicted octanol–water partition coefficient (Wildman–Crippen LogP) is 4.02. The fourth-order valence-corrected chi connectivity index (χ4v) is 5.02. The molecular weight excluding hydrogens is 336 g/mol. The smallest absolute Gasteiger partial charge is 0.254 e. The minimum Gasteiger partial charge on any atom is -0.508 e. The molecule has 4 heteroatoms. The van der Waals surface area contributed by atoms with E-state index in [4.69, 9.17) is 5.26 Å². The number of fused-ring (bicyclic) bond motifs is 4. The van der Waals surface area contributed by atoms with Gasteiger partial charge in [0.25, 0.3) is 5.91 Å². The summed E-state index contributed by atoms with van der Waals surface area (Å²) in [7, 11) is 0. The van der Waals surface area contributed by atoms with Gasteiger partial charge in [0.05, 0.1) is 11.6 Å². The van der Waals surface area contributed by atoms with Gasteiger partial charge < -0.3 is 10.0 Å². The molecule has 2 atom stereocenters. The molecular formula is C23H24N2O2. The highest BCUT2D eigenvalue weighted by molar-refractivity contribution is 5.94. The Morgan fingerprint density at radius 1 is 1.19 bits per heavy atom. The number of nitrogens with zero attached hydrogens (tertiary/aromatic N) is 2. The van der Waals surface area contributed by atoms with Gasteiger partial charge in [0.2, 0.25) is 0 Å². The Morgan fingerprint density at radius 3 is 2.56 bits per heavy atom. The fourth-order valence-electron chi connectivity index (χ4n) is 5.02. The van der Waals surface area contributed by atoms with Crippen LogP contribution in [-0.2, 0) is 11.8 Å². The molecule has 1 aliphatic heterocycles. The summed E-state index contributed by atoms with van der Waals surface area (Å²) in [5, 5.41) is 19.4. The number of benzene rings is 2. The number of phenols is 1. The van der Waals surface area contributed by atoms with Crippen molar-refractivity contribution in [1.29, 1.82) is 5.26 Å². The maximum atomic E-state index is 13.3. The van der Waals surface area contributed by atoms with Crippen LogP contribution >= 0.6 is 0 Å². The lowest BCUT2D eigenvalue weighted by Gasteiger charge is -2.60. The molecule has 1 fully saturated rings. The summed E-state index contributed by atoms with van der Waals surface area (Å²) in [6.07, 6.45) is 1.52. The molecule has 1 amide bonds. The first-order valence-electron chi connectivity index (χ1n) is 9.42. The van der Waals surface area contributed by atoms with E-state index in [2.05, 4.69) is 32.9 Å². The number of carbonyl (C=O) groups is 1. The van der Waals surface area contributed by atoms with Crippen molar-refractivity contribution < 1.29 is 9.90 Å². The molecule has 1 heterocycles. The number of likely N-dealkylation sites (tertiary alicyclic amines) is 1. The number of phenolic OH excluding ortho intramolecular Hbond substituents is 1. The average molecular weight is 360 g/mol. The van der Waals surface area contributed by atoms with Crippen LogP contribution in [-0.4, -0.2) is 28.5 Å². The number of aromatic hydroxyl groups is 1. The number of rotatable bonds is 1. The molecule has 2 aliphatic rings. The third-order valence-electron chi connectivity index (χ3n) is 7.15. The van der Waals surface area contributed by atoms with E-state index in [0.29, 0.717) is 29.8 Å². The monoisotopic (exact) mass is 360 g/mol. The molecule has 4 nitrogen and oxygen atoms in total. The van der Waals surface area contributed by atoms with Crippen molar-refractivity contribution in [2.45, 2.75) is 45.1 Å². The van der Waals surface area contributed by atoms with E-state index in [-0.39, 0.29) is 22.8 Å². The molecule has 0 saturated carbocycles. The van der Waals surface area contributed by atoms with Crippen molar-refractivity contribution in [3.63, 3.8) is 0 Å². The van der Waals surface area contributed by atoms with Crippen molar-refractivity contribution in [2.75, 3.05) is 6.54 Å². The molecule has 0 radical (unpaired) electrons. The van der Waals surface area contributed by atoms with Gasteiger partial charge in [-0.15, -0.1) is 0 Å². The topological polar surface area (TPSA) is 64.3 Å². The normalized spacial score (nSPS) is 25.4. The first-order chi connectivity index (χ1) is 12.8. The van der Waals surface area contributed by atoms with Gasteiger partial charge in [0, 0.05) is 23.6 Å². The number of nitriles is 1. The Labute approximate surface area is 160 Å². The summed E-state index contributed by atoms with van der Waals surface area (Å²) >= 11 is 0.